The molecule has 0 bridgehead atoms. The van der Waals surface area contributed by atoms with Gasteiger partial charge in [0.1, 0.15) is 11.4 Å². The minimum Gasteiger partial charge on any atom is -0.495 e. The molecule has 1 heterocycles. The average Bonchev–Trinajstić information content (AvgIpc) is 2.77. The van der Waals surface area contributed by atoms with Gasteiger partial charge >= 0.3 is 6.09 Å². The Hall–Kier alpha value is -1.20. The van der Waals surface area contributed by atoms with E-state index in [0.29, 0.717) is 16.3 Å². The minimum atomic E-state index is -0.566. The Morgan fingerprint density at radius 3 is 2.60 bits per heavy atom. The first kappa shape index (κ1) is 15.2. The van der Waals surface area contributed by atoms with Crippen LogP contribution in [0.3, 0.4) is 0 Å². The van der Waals surface area contributed by atoms with Gasteiger partial charge in [-0.15, -0.1) is 0 Å². The number of carbonyl (C=O) groups is 1. The van der Waals surface area contributed by atoms with Gasteiger partial charge in [-0.1, -0.05) is 11.6 Å². The van der Waals surface area contributed by atoms with Gasteiger partial charge < -0.3 is 9.47 Å². The van der Waals surface area contributed by atoms with E-state index in [1.165, 1.54) is 4.57 Å². The zero-order valence-electron chi connectivity index (χ0n) is 11.7. The molecule has 0 N–H and O–H groups in total. The molecule has 6 heteroatoms. The van der Waals surface area contributed by atoms with E-state index in [2.05, 4.69) is 15.9 Å². The van der Waals surface area contributed by atoms with Gasteiger partial charge in [0.2, 0.25) is 0 Å². The Labute approximate surface area is 130 Å². The standard InChI is InChI=1S/C14H15BrClNO3/c1-14(2,3)20-13(18)17-6-5-8-11(15)10(19-4)7-9(16)12(8)17/h5-7H,1-4H3. The summed E-state index contributed by atoms with van der Waals surface area (Å²) < 4.78 is 12.7. The van der Waals surface area contributed by atoms with Crippen LogP contribution in [0, 0.1) is 0 Å². The van der Waals surface area contributed by atoms with Crippen LogP contribution in [-0.2, 0) is 4.74 Å². The number of hydrogen-bond acceptors (Lipinski definition) is 3. The van der Waals surface area contributed by atoms with E-state index >= 15 is 0 Å². The molecule has 0 amide bonds. The Morgan fingerprint density at radius 2 is 2.05 bits per heavy atom. The highest BCUT2D eigenvalue weighted by Crippen LogP contribution is 2.38. The van der Waals surface area contributed by atoms with Crippen LogP contribution < -0.4 is 4.74 Å². The number of ether oxygens (including phenoxy) is 2. The molecule has 0 saturated heterocycles. The number of aromatic nitrogens is 1. The van der Waals surface area contributed by atoms with Gasteiger partial charge in [0.15, 0.2) is 0 Å². The van der Waals surface area contributed by atoms with Gasteiger partial charge in [0.05, 0.1) is 22.1 Å². The van der Waals surface area contributed by atoms with Crippen LogP contribution in [0.2, 0.25) is 5.02 Å². The van der Waals surface area contributed by atoms with Crippen LogP contribution >= 0.6 is 27.5 Å². The number of rotatable bonds is 1. The number of nitrogens with zero attached hydrogens (tertiary/aromatic N) is 1. The van der Waals surface area contributed by atoms with Crippen molar-refractivity contribution in [2.24, 2.45) is 0 Å². The number of hydrogen-bond donors (Lipinski definition) is 0. The van der Waals surface area contributed by atoms with Crippen molar-refractivity contribution < 1.29 is 14.3 Å². The zero-order chi connectivity index (χ0) is 15.1. The van der Waals surface area contributed by atoms with Crippen molar-refractivity contribution in [2.45, 2.75) is 26.4 Å². The van der Waals surface area contributed by atoms with Gasteiger partial charge in [-0.3, -0.25) is 4.57 Å². The summed E-state index contributed by atoms with van der Waals surface area (Å²) >= 11 is 9.70. The van der Waals surface area contributed by atoms with Crippen LogP contribution in [0.25, 0.3) is 10.9 Å². The molecule has 0 saturated carbocycles. The molecule has 0 aliphatic rings. The molecule has 1 aromatic carbocycles. The van der Waals surface area contributed by atoms with Crippen LogP contribution in [-0.4, -0.2) is 23.4 Å². The van der Waals surface area contributed by atoms with Crippen molar-refractivity contribution in [3.05, 3.63) is 27.8 Å². The molecule has 4 nitrogen and oxygen atoms in total. The highest BCUT2D eigenvalue weighted by atomic mass is 79.9. The first-order valence-corrected chi connectivity index (χ1v) is 7.18. The van der Waals surface area contributed by atoms with Crippen LogP contribution in [0.1, 0.15) is 20.8 Å². The molecule has 0 spiro atoms. The Balaban J connectivity index is 2.58. The summed E-state index contributed by atoms with van der Waals surface area (Å²) in [5, 5.41) is 1.22. The molecule has 1 aromatic heterocycles. The molecular weight excluding hydrogens is 346 g/mol. The minimum absolute atomic E-state index is 0.427. The fourth-order valence-corrected chi connectivity index (χ4v) is 2.73. The van der Waals surface area contributed by atoms with Crippen molar-refractivity contribution in [3.63, 3.8) is 0 Å². The molecule has 20 heavy (non-hydrogen) atoms. The van der Waals surface area contributed by atoms with Crippen LogP contribution in [0.4, 0.5) is 4.79 Å². The molecule has 108 valence electrons. The number of benzene rings is 1. The van der Waals surface area contributed by atoms with Gasteiger partial charge in [-0.2, -0.15) is 0 Å². The van der Waals surface area contributed by atoms with Crippen LogP contribution in [0.15, 0.2) is 22.8 Å². The fourth-order valence-electron chi connectivity index (χ4n) is 1.84. The fraction of sp³-hybridized carbons (Fsp3) is 0.357. The number of fused-ring (bicyclic) bond motifs is 1. The molecule has 0 fully saturated rings. The van der Waals surface area contributed by atoms with E-state index in [9.17, 15) is 4.79 Å². The topological polar surface area (TPSA) is 40.5 Å². The van der Waals surface area contributed by atoms with Crippen LogP contribution in [0.5, 0.6) is 5.75 Å². The maximum atomic E-state index is 12.2. The van der Waals surface area contributed by atoms with Crippen molar-refractivity contribution in [1.29, 1.82) is 0 Å². The summed E-state index contributed by atoms with van der Waals surface area (Å²) in [5.74, 6) is 0.615. The number of methoxy groups -OCH3 is 1. The van der Waals surface area contributed by atoms with E-state index in [1.54, 1.807) is 25.4 Å². The zero-order valence-corrected chi connectivity index (χ0v) is 14.0. The lowest BCUT2D eigenvalue weighted by Crippen LogP contribution is -2.26. The molecule has 0 atom stereocenters. The third kappa shape index (κ3) is 2.79. The van der Waals surface area contributed by atoms with Crippen molar-refractivity contribution in [2.75, 3.05) is 7.11 Å². The van der Waals surface area contributed by atoms with Crippen molar-refractivity contribution >= 4 is 44.5 Å². The van der Waals surface area contributed by atoms with E-state index in [0.717, 1.165) is 9.86 Å². The summed E-state index contributed by atoms with van der Waals surface area (Å²) in [6, 6.07) is 3.45. The number of halogens is 2. The first-order valence-electron chi connectivity index (χ1n) is 6.01. The second-order valence-electron chi connectivity index (χ2n) is 5.30. The lowest BCUT2D eigenvalue weighted by atomic mass is 10.2. The lowest BCUT2D eigenvalue weighted by molar-refractivity contribution is 0.0544. The second kappa shape index (κ2) is 5.30. The smallest absolute Gasteiger partial charge is 0.419 e. The van der Waals surface area contributed by atoms with Crippen molar-refractivity contribution in [3.8, 4) is 5.75 Å². The molecule has 0 radical (unpaired) electrons. The van der Waals surface area contributed by atoms with Crippen molar-refractivity contribution in [1.82, 2.24) is 4.57 Å². The lowest BCUT2D eigenvalue weighted by Gasteiger charge is -2.20. The summed E-state index contributed by atoms with van der Waals surface area (Å²) in [6.45, 7) is 5.45. The third-order valence-corrected chi connectivity index (χ3v) is 3.74. The van der Waals surface area contributed by atoms with Gasteiger partial charge in [0, 0.05) is 17.6 Å². The van der Waals surface area contributed by atoms with Gasteiger partial charge in [-0.05, 0) is 42.8 Å². The Kier molecular flexibility index (Phi) is 4.02. The maximum Gasteiger partial charge on any atom is 0.419 e. The molecule has 0 unspecified atom stereocenters. The van der Waals surface area contributed by atoms with E-state index in [-0.39, 0.29) is 0 Å². The first-order chi connectivity index (χ1) is 9.24. The normalized spacial score (nSPS) is 11.7. The summed E-state index contributed by atoms with van der Waals surface area (Å²) in [6.07, 6.45) is 1.17. The quantitative estimate of drug-likeness (QED) is 0.730. The van der Waals surface area contributed by atoms with Gasteiger partial charge in [-0.25, -0.2) is 4.79 Å². The molecule has 2 aromatic rings. The highest BCUT2D eigenvalue weighted by molar-refractivity contribution is 9.10. The number of carbonyl (C=O) groups excluding carboxylic acids is 1. The largest absolute Gasteiger partial charge is 0.495 e. The SMILES string of the molecule is COc1cc(Cl)c2c(ccn2C(=O)OC(C)(C)C)c1Br. The third-order valence-electron chi connectivity index (χ3n) is 2.63. The molecule has 0 aliphatic heterocycles. The van der Waals surface area contributed by atoms with E-state index in [1.807, 2.05) is 20.8 Å². The van der Waals surface area contributed by atoms with E-state index < -0.39 is 11.7 Å². The van der Waals surface area contributed by atoms with Gasteiger partial charge in [0.25, 0.3) is 0 Å². The molecule has 0 aliphatic carbocycles. The summed E-state index contributed by atoms with van der Waals surface area (Å²) in [4.78, 5) is 12.2. The van der Waals surface area contributed by atoms with E-state index in [4.69, 9.17) is 21.1 Å². The maximum absolute atomic E-state index is 12.2. The monoisotopic (exact) mass is 359 g/mol. The summed E-state index contributed by atoms with van der Waals surface area (Å²) in [5.41, 5.74) is 0.0257. The Morgan fingerprint density at radius 1 is 1.40 bits per heavy atom. The molecular formula is C14H15BrClNO3. The average molecular weight is 361 g/mol. The molecule has 2 rings (SSSR count). The predicted molar refractivity (Wildman–Crippen MR) is 82.8 cm³/mol. The summed E-state index contributed by atoms with van der Waals surface area (Å²) in [7, 11) is 1.56. The predicted octanol–water partition coefficient (Wildman–Crippen LogP) is 4.85. The highest BCUT2D eigenvalue weighted by Gasteiger charge is 2.21. The Bertz CT molecular complexity index is 673. The second-order valence-corrected chi connectivity index (χ2v) is 6.50.